The Morgan fingerprint density at radius 3 is 1.97 bits per heavy atom. The Labute approximate surface area is 197 Å². The molecule has 0 unspecified atom stereocenters. The first-order valence-electron chi connectivity index (χ1n) is 11.5. The number of fused-ring (bicyclic) bond motifs is 6. The molecule has 0 spiro atoms. The van der Waals surface area contributed by atoms with E-state index in [0.717, 1.165) is 33.2 Å². The van der Waals surface area contributed by atoms with Crippen molar-refractivity contribution in [2.75, 3.05) is 0 Å². The molecule has 7 aromatic rings. The van der Waals surface area contributed by atoms with Crippen LogP contribution in [0, 0.1) is 0 Å². The molecule has 0 N–H and O–H groups in total. The van der Waals surface area contributed by atoms with Crippen molar-refractivity contribution in [1.29, 1.82) is 0 Å². The highest BCUT2D eigenvalue weighted by Crippen LogP contribution is 2.39. The summed E-state index contributed by atoms with van der Waals surface area (Å²) >= 11 is 0. The van der Waals surface area contributed by atoms with Crippen LogP contribution in [0.25, 0.3) is 65.7 Å². The summed E-state index contributed by atoms with van der Waals surface area (Å²) in [6.45, 7) is 0. The molecule has 0 saturated heterocycles. The summed E-state index contributed by atoms with van der Waals surface area (Å²) in [6.07, 6.45) is 2.00. The number of hydrogen-bond acceptors (Lipinski definition) is 2. The highest BCUT2D eigenvalue weighted by atomic mass is 14.8. The molecule has 5 aromatic carbocycles. The van der Waals surface area contributed by atoms with Crippen molar-refractivity contribution in [3.8, 4) is 22.5 Å². The maximum Gasteiger partial charge on any atom is 0.0978 e. The Balaban J connectivity index is 1.62. The summed E-state index contributed by atoms with van der Waals surface area (Å²) in [5, 5.41) is 8.30. The van der Waals surface area contributed by atoms with E-state index in [2.05, 4.69) is 109 Å². The zero-order valence-corrected chi connectivity index (χ0v) is 18.4. The average molecular weight is 433 g/mol. The Morgan fingerprint density at radius 1 is 0.441 bits per heavy atom. The minimum Gasteiger partial charge on any atom is -0.253 e. The van der Waals surface area contributed by atoms with Gasteiger partial charge >= 0.3 is 0 Å². The van der Waals surface area contributed by atoms with Crippen LogP contribution in [0.1, 0.15) is 0 Å². The maximum absolute atomic E-state index is 5.17. The van der Waals surface area contributed by atoms with Crippen molar-refractivity contribution in [1.82, 2.24) is 9.97 Å². The van der Waals surface area contributed by atoms with Crippen LogP contribution in [0.2, 0.25) is 0 Å². The quantitative estimate of drug-likeness (QED) is 0.256. The predicted molar refractivity (Wildman–Crippen MR) is 143 cm³/mol. The first kappa shape index (κ1) is 19.0. The summed E-state index contributed by atoms with van der Waals surface area (Å²) in [7, 11) is 0. The van der Waals surface area contributed by atoms with Gasteiger partial charge in [-0.3, -0.25) is 4.98 Å². The molecule has 0 fully saturated rings. The van der Waals surface area contributed by atoms with Crippen LogP contribution in [-0.2, 0) is 0 Å². The van der Waals surface area contributed by atoms with E-state index < -0.39 is 0 Å². The Kier molecular flexibility index (Phi) is 4.18. The van der Waals surface area contributed by atoms with E-state index in [0.29, 0.717) is 0 Å². The number of rotatable bonds is 2. The number of aromatic nitrogens is 2. The summed E-state index contributed by atoms with van der Waals surface area (Å²) in [5.74, 6) is 0. The number of nitrogens with zero attached hydrogens (tertiary/aromatic N) is 2. The zero-order chi connectivity index (χ0) is 22.5. The van der Waals surface area contributed by atoms with E-state index in [1.807, 2.05) is 12.3 Å². The molecular weight excluding hydrogens is 412 g/mol. The SMILES string of the molecule is c1ccc(-c2cnc(-c3nc4ccccc4c4c3ccc3ccccc34)c3ccccc23)cc1. The highest BCUT2D eigenvalue weighted by molar-refractivity contribution is 6.23. The number of para-hydroxylation sites is 1. The van der Waals surface area contributed by atoms with Crippen molar-refractivity contribution in [3.63, 3.8) is 0 Å². The van der Waals surface area contributed by atoms with E-state index in [4.69, 9.17) is 9.97 Å². The van der Waals surface area contributed by atoms with Gasteiger partial charge in [0.25, 0.3) is 0 Å². The minimum absolute atomic E-state index is 0.918. The molecule has 0 amide bonds. The fraction of sp³-hybridized carbons (Fsp3) is 0. The van der Waals surface area contributed by atoms with E-state index in [1.165, 1.54) is 32.5 Å². The average Bonchev–Trinajstić information content (AvgIpc) is 2.92. The largest absolute Gasteiger partial charge is 0.253 e. The van der Waals surface area contributed by atoms with Crippen molar-refractivity contribution in [3.05, 3.63) is 121 Å². The van der Waals surface area contributed by atoms with Crippen LogP contribution in [0.5, 0.6) is 0 Å². The monoisotopic (exact) mass is 432 g/mol. The first-order valence-corrected chi connectivity index (χ1v) is 11.5. The lowest BCUT2D eigenvalue weighted by Gasteiger charge is -2.15. The fourth-order valence-electron chi connectivity index (χ4n) is 5.13. The second-order valence-electron chi connectivity index (χ2n) is 8.62. The summed E-state index contributed by atoms with van der Waals surface area (Å²) < 4.78 is 0. The molecule has 0 saturated carbocycles. The second kappa shape index (κ2) is 7.50. The topological polar surface area (TPSA) is 25.8 Å². The van der Waals surface area contributed by atoms with Gasteiger partial charge in [0.2, 0.25) is 0 Å². The molecule has 2 aromatic heterocycles. The molecule has 2 heterocycles. The zero-order valence-electron chi connectivity index (χ0n) is 18.4. The van der Waals surface area contributed by atoms with Crippen LogP contribution < -0.4 is 0 Å². The van der Waals surface area contributed by atoms with Gasteiger partial charge in [-0.05, 0) is 27.8 Å². The van der Waals surface area contributed by atoms with Gasteiger partial charge in [-0.1, -0.05) is 109 Å². The number of hydrogen-bond donors (Lipinski definition) is 0. The smallest absolute Gasteiger partial charge is 0.0978 e. The highest BCUT2D eigenvalue weighted by Gasteiger charge is 2.17. The van der Waals surface area contributed by atoms with Crippen LogP contribution >= 0.6 is 0 Å². The van der Waals surface area contributed by atoms with Crippen LogP contribution in [0.4, 0.5) is 0 Å². The second-order valence-corrected chi connectivity index (χ2v) is 8.62. The Bertz CT molecular complexity index is 1840. The van der Waals surface area contributed by atoms with E-state index >= 15 is 0 Å². The third-order valence-electron chi connectivity index (χ3n) is 6.69. The molecule has 2 nitrogen and oxygen atoms in total. The van der Waals surface area contributed by atoms with Gasteiger partial charge in [-0.15, -0.1) is 0 Å². The van der Waals surface area contributed by atoms with E-state index in [-0.39, 0.29) is 0 Å². The summed E-state index contributed by atoms with van der Waals surface area (Å²) in [6, 6.07) is 40.4. The summed E-state index contributed by atoms with van der Waals surface area (Å²) in [5.41, 5.74) is 5.13. The van der Waals surface area contributed by atoms with Crippen molar-refractivity contribution < 1.29 is 0 Å². The predicted octanol–water partition coefficient (Wildman–Crippen LogP) is 8.42. The third-order valence-corrected chi connectivity index (χ3v) is 6.69. The van der Waals surface area contributed by atoms with Crippen LogP contribution in [0.15, 0.2) is 121 Å². The van der Waals surface area contributed by atoms with E-state index in [1.54, 1.807) is 0 Å². The van der Waals surface area contributed by atoms with Gasteiger partial charge in [0, 0.05) is 33.3 Å². The van der Waals surface area contributed by atoms with Crippen molar-refractivity contribution in [2.24, 2.45) is 0 Å². The Hall–Kier alpha value is -4.56. The molecule has 0 aliphatic carbocycles. The standard InChI is InChI=1S/C32H20N2/c1-2-10-21(11-3-1)28-20-33-31(25-15-7-6-14-24(25)28)32-27-19-18-22-12-4-5-13-23(22)30(27)26-16-8-9-17-29(26)34-32/h1-20H. The molecule has 0 bridgehead atoms. The van der Waals surface area contributed by atoms with Crippen LogP contribution in [0.3, 0.4) is 0 Å². The molecule has 0 aliphatic rings. The number of benzene rings is 5. The van der Waals surface area contributed by atoms with Gasteiger partial charge in [0.1, 0.15) is 0 Å². The van der Waals surface area contributed by atoms with Crippen molar-refractivity contribution >= 4 is 43.2 Å². The Morgan fingerprint density at radius 2 is 1.12 bits per heavy atom. The van der Waals surface area contributed by atoms with Crippen molar-refractivity contribution in [2.45, 2.75) is 0 Å². The fourth-order valence-corrected chi connectivity index (χ4v) is 5.13. The van der Waals surface area contributed by atoms with E-state index in [9.17, 15) is 0 Å². The summed E-state index contributed by atoms with van der Waals surface area (Å²) in [4.78, 5) is 10.2. The molecule has 2 heteroatoms. The molecule has 0 atom stereocenters. The van der Waals surface area contributed by atoms with Crippen LogP contribution in [-0.4, -0.2) is 9.97 Å². The lowest BCUT2D eigenvalue weighted by atomic mass is 9.94. The molecule has 34 heavy (non-hydrogen) atoms. The molecule has 0 radical (unpaired) electrons. The first-order chi connectivity index (χ1) is 16.9. The third kappa shape index (κ3) is 2.82. The lowest BCUT2D eigenvalue weighted by Crippen LogP contribution is -1.95. The lowest BCUT2D eigenvalue weighted by molar-refractivity contribution is 1.31. The molecule has 0 aliphatic heterocycles. The minimum atomic E-state index is 0.918. The van der Waals surface area contributed by atoms with Gasteiger partial charge in [0.05, 0.1) is 16.9 Å². The van der Waals surface area contributed by atoms with Gasteiger partial charge in [-0.25, -0.2) is 4.98 Å². The number of pyridine rings is 2. The van der Waals surface area contributed by atoms with Gasteiger partial charge in [0.15, 0.2) is 0 Å². The molecule has 7 rings (SSSR count). The van der Waals surface area contributed by atoms with Gasteiger partial charge in [-0.2, -0.15) is 0 Å². The normalized spacial score (nSPS) is 11.5. The molecular formula is C32H20N2. The molecule has 158 valence electrons. The van der Waals surface area contributed by atoms with Gasteiger partial charge < -0.3 is 0 Å². The maximum atomic E-state index is 5.17.